The normalized spacial score (nSPS) is 14.2. The first-order valence-electron chi connectivity index (χ1n) is 6.75. The molecule has 18 heavy (non-hydrogen) atoms. The third kappa shape index (κ3) is 3.31. The number of aromatic nitrogens is 1. The van der Waals surface area contributed by atoms with E-state index in [1.807, 2.05) is 0 Å². The standard InChI is InChI=1S/C14H26N2OS/c1-6-14(7-2,17-5)13-16-12(9-18-13)11(15)8-10(3)4/h9-11H,6-8,15H2,1-5H3. The molecule has 0 saturated heterocycles. The minimum Gasteiger partial charge on any atom is -0.371 e. The van der Waals surface area contributed by atoms with Crippen molar-refractivity contribution >= 4 is 11.3 Å². The molecule has 1 heterocycles. The van der Waals surface area contributed by atoms with Crippen LogP contribution in [-0.4, -0.2) is 12.1 Å². The van der Waals surface area contributed by atoms with Gasteiger partial charge in [0.25, 0.3) is 0 Å². The smallest absolute Gasteiger partial charge is 0.125 e. The minimum atomic E-state index is -0.236. The molecule has 4 heteroatoms. The molecule has 104 valence electrons. The zero-order valence-electron chi connectivity index (χ0n) is 12.2. The number of rotatable bonds is 7. The van der Waals surface area contributed by atoms with Crippen LogP contribution < -0.4 is 5.73 Å². The van der Waals surface area contributed by atoms with E-state index >= 15 is 0 Å². The Morgan fingerprint density at radius 2 is 2.00 bits per heavy atom. The highest BCUT2D eigenvalue weighted by atomic mass is 32.1. The Labute approximate surface area is 115 Å². The van der Waals surface area contributed by atoms with E-state index in [-0.39, 0.29) is 11.6 Å². The lowest BCUT2D eigenvalue weighted by molar-refractivity contribution is -0.0220. The zero-order valence-corrected chi connectivity index (χ0v) is 13.0. The molecule has 1 unspecified atom stereocenters. The van der Waals surface area contributed by atoms with Gasteiger partial charge in [-0.15, -0.1) is 11.3 Å². The molecule has 0 spiro atoms. The second kappa shape index (κ2) is 6.64. The molecule has 0 aliphatic rings. The Morgan fingerprint density at radius 1 is 1.39 bits per heavy atom. The van der Waals surface area contributed by atoms with Gasteiger partial charge in [0.2, 0.25) is 0 Å². The maximum absolute atomic E-state index is 6.18. The van der Waals surface area contributed by atoms with Crippen molar-refractivity contribution in [1.29, 1.82) is 0 Å². The van der Waals surface area contributed by atoms with Crippen LogP contribution in [0.4, 0.5) is 0 Å². The van der Waals surface area contributed by atoms with E-state index < -0.39 is 0 Å². The van der Waals surface area contributed by atoms with E-state index in [4.69, 9.17) is 15.5 Å². The van der Waals surface area contributed by atoms with Gasteiger partial charge in [-0.2, -0.15) is 0 Å². The van der Waals surface area contributed by atoms with Crippen LogP contribution in [0.25, 0.3) is 0 Å². The summed E-state index contributed by atoms with van der Waals surface area (Å²) >= 11 is 1.67. The molecule has 0 aliphatic carbocycles. The first kappa shape index (κ1) is 15.6. The van der Waals surface area contributed by atoms with E-state index in [9.17, 15) is 0 Å². The molecular weight excluding hydrogens is 244 g/mol. The number of methoxy groups -OCH3 is 1. The number of thiazole rings is 1. The SMILES string of the molecule is CCC(CC)(OC)c1nc(C(N)CC(C)C)cs1. The van der Waals surface area contributed by atoms with Gasteiger partial charge in [-0.25, -0.2) is 4.98 Å². The van der Waals surface area contributed by atoms with Crippen LogP contribution in [0.15, 0.2) is 5.38 Å². The molecule has 0 aromatic carbocycles. The van der Waals surface area contributed by atoms with Gasteiger partial charge in [0.1, 0.15) is 10.6 Å². The van der Waals surface area contributed by atoms with Gasteiger partial charge < -0.3 is 10.5 Å². The van der Waals surface area contributed by atoms with Gasteiger partial charge >= 0.3 is 0 Å². The highest BCUT2D eigenvalue weighted by Gasteiger charge is 2.31. The molecule has 0 amide bonds. The Balaban J connectivity index is 2.91. The van der Waals surface area contributed by atoms with Crippen molar-refractivity contribution in [1.82, 2.24) is 4.98 Å². The van der Waals surface area contributed by atoms with Crippen molar-refractivity contribution in [2.24, 2.45) is 11.7 Å². The predicted molar refractivity (Wildman–Crippen MR) is 77.8 cm³/mol. The van der Waals surface area contributed by atoms with E-state index in [2.05, 4.69) is 33.1 Å². The number of hydrogen-bond acceptors (Lipinski definition) is 4. The third-order valence-electron chi connectivity index (χ3n) is 3.55. The van der Waals surface area contributed by atoms with Crippen molar-refractivity contribution in [3.63, 3.8) is 0 Å². The monoisotopic (exact) mass is 270 g/mol. The Bertz CT molecular complexity index is 350. The van der Waals surface area contributed by atoms with Gasteiger partial charge in [-0.1, -0.05) is 27.7 Å². The fourth-order valence-corrected chi connectivity index (χ4v) is 3.43. The summed E-state index contributed by atoms with van der Waals surface area (Å²) < 4.78 is 5.70. The number of ether oxygens (including phenoxy) is 1. The molecule has 0 fully saturated rings. The summed E-state index contributed by atoms with van der Waals surface area (Å²) in [6.45, 7) is 8.65. The van der Waals surface area contributed by atoms with E-state index in [1.165, 1.54) is 0 Å². The van der Waals surface area contributed by atoms with Crippen LogP contribution in [0.5, 0.6) is 0 Å². The maximum Gasteiger partial charge on any atom is 0.125 e. The molecule has 0 aliphatic heterocycles. The molecule has 1 aromatic heterocycles. The molecule has 1 rings (SSSR count). The molecular formula is C14H26N2OS. The summed E-state index contributed by atoms with van der Waals surface area (Å²) in [6.07, 6.45) is 2.85. The summed E-state index contributed by atoms with van der Waals surface area (Å²) in [5, 5.41) is 3.14. The summed E-state index contributed by atoms with van der Waals surface area (Å²) in [5.41, 5.74) is 6.95. The first-order valence-corrected chi connectivity index (χ1v) is 7.63. The average molecular weight is 270 g/mol. The summed E-state index contributed by atoms with van der Waals surface area (Å²) in [7, 11) is 1.77. The topological polar surface area (TPSA) is 48.1 Å². The van der Waals surface area contributed by atoms with Gasteiger partial charge in [0, 0.05) is 18.5 Å². The van der Waals surface area contributed by atoms with Gasteiger partial charge in [0.05, 0.1) is 5.69 Å². The number of hydrogen-bond donors (Lipinski definition) is 1. The lowest BCUT2D eigenvalue weighted by Crippen LogP contribution is -2.26. The lowest BCUT2D eigenvalue weighted by atomic mass is 9.98. The van der Waals surface area contributed by atoms with E-state index in [0.29, 0.717) is 5.92 Å². The highest BCUT2D eigenvalue weighted by molar-refractivity contribution is 7.09. The van der Waals surface area contributed by atoms with Crippen molar-refractivity contribution in [3.8, 4) is 0 Å². The first-order chi connectivity index (χ1) is 8.49. The largest absolute Gasteiger partial charge is 0.371 e. The Hall–Kier alpha value is -0.450. The quantitative estimate of drug-likeness (QED) is 0.818. The third-order valence-corrected chi connectivity index (χ3v) is 4.60. The van der Waals surface area contributed by atoms with Gasteiger partial charge in [-0.3, -0.25) is 0 Å². The Morgan fingerprint density at radius 3 is 2.44 bits per heavy atom. The van der Waals surface area contributed by atoms with Crippen molar-refractivity contribution < 1.29 is 4.74 Å². The van der Waals surface area contributed by atoms with Gasteiger partial charge in [0.15, 0.2) is 0 Å². The Kier molecular flexibility index (Phi) is 5.76. The second-order valence-electron chi connectivity index (χ2n) is 5.22. The van der Waals surface area contributed by atoms with Crippen LogP contribution in [0.2, 0.25) is 0 Å². The second-order valence-corrected chi connectivity index (χ2v) is 6.08. The molecule has 1 atom stereocenters. The fraction of sp³-hybridized carbons (Fsp3) is 0.786. The number of nitrogens with two attached hydrogens (primary N) is 1. The van der Waals surface area contributed by atoms with Crippen LogP contribution in [0.3, 0.4) is 0 Å². The van der Waals surface area contributed by atoms with Gasteiger partial charge in [-0.05, 0) is 25.2 Å². The molecule has 1 aromatic rings. The van der Waals surface area contributed by atoms with Crippen LogP contribution in [0.1, 0.15) is 63.7 Å². The van der Waals surface area contributed by atoms with Crippen LogP contribution >= 0.6 is 11.3 Å². The summed E-state index contributed by atoms with van der Waals surface area (Å²) in [4.78, 5) is 4.72. The van der Waals surface area contributed by atoms with Crippen molar-refractivity contribution in [2.45, 2.75) is 58.6 Å². The molecule has 0 saturated carbocycles. The molecule has 0 bridgehead atoms. The molecule has 0 radical (unpaired) electrons. The average Bonchev–Trinajstić information content (AvgIpc) is 2.81. The summed E-state index contributed by atoms with van der Waals surface area (Å²) in [6, 6.07) is 0.0401. The zero-order chi connectivity index (χ0) is 13.8. The molecule has 2 N–H and O–H groups in total. The van der Waals surface area contributed by atoms with E-state index in [1.54, 1.807) is 18.4 Å². The van der Waals surface area contributed by atoms with Crippen LogP contribution in [0, 0.1) is 5.92 Å². The van der Waals surface area contributed by atoms with Crippen molar-refractivity contribution in [2.75, 3.05) is 7.11 Å². The number of nitrogens with zero attached hydrogens (tertiary/aromatic N) is 1. The molecule has 3 nitrogen and oxygen atoms in total. The fourth-order valence-electron chi connectivity index (χ4n) is 2.22. The minimum absolute atomic E-state index is 0.0401. The lowest BCUT2D eigenvalue weighted by Gasteiger charge is -2.27. The predicted octanol–water partition coefficient (Wildman–Crippen LogP) is 3.85. The van der Waals surface area contributed by atoms with E-state index in [0.717, 1.165) is 30.0 Å². The maximum atomic E-state index is 6.18. The highest BCUT2D eigenvalue weighted by Crippen LogP contribution is 2.35. The summed E-state index contributed by atoms with van der Waals surface area (Å²) in [5.74, 6) is 0.592. The van der Waals surface area contributed by atoms with Crippen LogP contribution in [-0.2, 0) is 10.3 Å². The van der Waals surface area contributed by atoms with Crippen molar-refractivity contribution in [3.05, 3.63) is 16.1 Å².